The van der Waals surface area contributed by atoms with Gasteiger partial charge in [0.25, 0.3) is 0 Å². The highest BCUT2D eigenvalue weighted by Crippen LogP contribution is 2.20. The molecule has 0 aliphatic carbocycles. The molecule has 1 rings (SSSR count). The van der Waals surface area contributed by atoms with E-state index in [1.54, 1.807) is 0 Å². The summed E-state index contributed by atoms with van der Waals surface area (Å²) >= 11 is 0. The Bertz CT molecular complexity index is 559. The number of hydrogen-bond donors (Lipinski definition) is 2. The van der Waals surface area contributed by atoms with Crippen LogP contribution in [0.4, 0.5) is 0 Å². The number of carboxylic acids is 2. The number of ether oxygens (including phenoxy) is 2. The molecule has 0 radical (unpaired) electrons. The molecule has 0 saturated heterocycles. The third kappa shape index (κ3) is 8.52. The van der Waals surface area contributed by atoms with E-state index in [4.69, 9.17) is 19.7 Å². The van der Waals surface area contributed by atoms with Crippen molar-refractivity contribution in [3.63, 3.8) is 0 Å². The second-order valence-electron chi connectivity index (χ2n) is 4.92. The maximum absolute atomic E-state index is 11.6. The molecule has 8 heteroatoms. The summed E-state index contributed by atoms with van der Waals surface area (Å²) in [6, 6.07) is 5.87. The number of carbonyl (C=O) groups is 4. The first-order valence-electron chi connectivity index (χ1n) is 7.32. The van der Waals surface area contributed by atoms with E-state index in [9.17, 15) is 19.2 Å². The summed E-state index contributed by atoms with van der Waals surface area (Å²) in [5.74, 6) is -2.79. The van der Waals surface area contributed by atoms with Crippen LogP contribution in [-0.4, -0.2) is 34.1 Å². The van der Waals surface area contributed by atoms with Gasteiger partial charge in [0.15, 0.2) is 0 Å². The SMILES string of the molecule is O=C(O)CCCC(=O)Oc1cccc(OC(=O)CCCC(=O)O)c1. The molecular weight excluding hydrogens is 320 g/mol. The zero-order chi connectivity index (χ0) is 17.9. The molecule has 0 saturated carbocycles. The van der Waals surface area contributed by atoms with E-state index in [-0.39, 0.29) is 50.0 Å². The lowest BCUT2D eigenvalue weighted by Crippen LogP contribution is -2.10. The highest BCUT2D eigenvalue weighted by Gasteiger charge is 2.10. The highest BCUT2D eigenvalue weighted by atomic mass is 16.5. The smallest absolute Gasteiger partial charge is 0.311 e. The molecule has 0 fully saturated rings. The van der Waals surface area contributed by atoms with Crippen LogP contribution >= 0.6 is 0 Å². The molecule has 0 heterocycles. The second-order valence-corrected chi connectivity index (χ2v) is 4.92. The van der Waals surface area contributed by atoms with E-state index in [1.165, 1.54) is 24.3 Å². The molecule has 0 aliphatic rings. The number of rotatable bonds is 10. The molecule has 8 nitrogen and oxygen atoms in total. The third-order valence-electron chi connectivity index (χ3n) is 2.81. The third-order valence-corrected chi connectivity index (χ3v) is 2.81. The lowest BCUT2D eigenvalue weighted by Gasteiger charge is -2.07. The van der Waals surface area contributed by atoms with Crippen molar-refractivity contribution in [1.29, 1.82) is 0 Å². The van der Waals surface area contributed by atoms with Crippen molar-refractivity contribution in [2.45, 2.75) is 38.5 Å². The molecule has 0 amide bonds. The number of carboxylic acid groups (broad SMARTS) is 2. The summed E-state index contributed by atoms with van der Waals surface area (Å²) < 4.78 is 10.1. The van der Waals surface area contributed by atoms with Gasteiger partial charge >= 0.3 is 23.9 Å². The quantitative estimate of drug-likeness (QED) is 0.490. The number of benzene rings is 1. The monoisotopic (exact) mass is 338 g/mol. The topological polar surface area (TPSA) is 127 Å². The van der Waals surface area contributed by atoms with Crippen LogP contribution in [-0.2, 0) is 19.2 Å². The van der Waals surface area contributed by atoms with Crippen molar-refractivity contribution < 1.29 is 38.9 Å². The Morgan fingerprint density at radius 1 is 0.750 bits per heavy atom. The summed E-state index contributed by atoms with van der Waals surface area (Å²) in [6.45, 7) is 0. The summed E-state index contributed by atoms with van der Waals surface area (Å²) in [5, 5.41) is 17.0. The molecule has 2 N–H and O–H groups in total. The predicted molar refractivity (Wildman–Crippen MR) is 80.7 cm³/mol. The van der Waals surface area contributed by atoms with Gasteiger partial charge in [-0.1, -0.05) is 6.07 Å². The van der Waals surface area contributed by atoms with Crippen molar-refractivity contribution in [2.24, 2.45) is 0 Å². The summed E-state index contributed by atoms with van der Waals surface area (Å²) in [4.78, 5) is 43.8. The molecular formula is C16H18O8. The molecule has 130 valence electrons. The molecule has 0 atom stereocenters. The zero-order valence-electron chi connectivity index (χ0n) is 12.9. The van der Waals surface area contributed by atoms with Gasteiger partial charge in [-0.05, 0) is 25.0 Å². The molecule has 0 unspecified atom stereocenters. The lowest BCUT2D eigenvalue weighted by molar-refractivity contribution is -0.139. The summed E-state index contributed by atoms with van der Waals surface area (Å²) in [6.07, 6.45) is 0.0298. The molecule has 0 spiro atoms. The second kappa shape index (κ2) is 9.98. The number of carbonyl (C=O) groups excluding carboxylic acids is 2. The highest BCUT2D eigenvalue weighted by molar-refractivity contribution is 5.75. The van der Waals surface area contributed by atoms with Gasteiger partial charge in [0.05, 0.1) is 0 Å². The Hall–Kier alpha value is -2.90. The van der Waals surface area contributed by atoms with Gasteiger partial charge in [-0.3, -0.25) is 19.2 Å². The minimum atomic E-state index is -0.986. The van der Waals surface area contributed by atoms with Crippen molar-refractivity contribution in [1.82, 2.24) is 0 Å². The Labute approximate surface area is 138 Å². The van der Waals surface area contributed by atoms with Gasteiger partial charge < -0.3 is 19.7 Å². The van der Waals surface area contributed by atoms with Gasteiger partial charge in [-0.2, -0.15) is 0 Å². The Kier molecular flexibility index (Phi) is 7.97. The van der Waals surface area contributed by atoms with E-state index in [0.717, 1.165) is 0 Å². The van der Waals surface area contributed by atoms with Crippen LogP contribution in [0.3, 0.4) is 0 Å². The van der Waals surface area contributed by atoms with Crippen LogP contribution in [0.25, 0.3) is 0 Å². The van der Waals surface area contributed by atoms with Gasteiger partial charge in [0.1, 0.15) is 11.5 Å². The van der Waals surface area contributed by atoms with Gasteiger partial charge in [-0.25, -0.2) is 0 Å². The van der Waals surface area contributed by atoms with Gasteiger partial charge in [0.2, 0.25) is 0 Å². The first kappa shape index (κ1) is 19.1. The van der Waals surface area contributed by atoms with Crippen LogP contribution in [0.2, 0.25) is 0 Å². The van der Waals surface area contributed by atoms with Crippen molar-refractivity contribution in [3.8, 4) is 11.5 Å². The van der Waals surface area contributed by atoms with E-state index in [1.807, 2.05) is 0 Å². The first-order chi connectivity index (χ1) is 11.4. The average Bonchev–Trinajstić information content (AvgIpc) is 2.46. The Morgan fingerprint density at radius 2 is 1.17 bits per heavy atom. The van der Waals surface area contributed by atoms with Crippen LogP contribution in [0.15, 0.2) is 24.3 Å². The van der Waals surface area contributed by atoms with Crippen LogP contribution in [0.1, 0.15) is 38.5 Å². The fraction of sp³-hybridized carbons (Fsp3) is 0.375. The minimum Gasteiger partial charge on any atom is -0.481 e. The van der Waals surface area contributed by atoms with E-state index < -0.39 is 23.9 Å². The van der Waals surface area contributed by atoms with Gasteiger partial charge in [-0.15, -0.1) is 0 Å². The van der Waals surface area contributed by atoms with Crippen LogP contribution in [0.5, 0.6) is 11.5 Å². The largest absolute Gasteiger partial charge is 0.481 e. The van der Waals surface area contributed by atoms with Crippen LogP contribution < -0.4 is 9.47 Å². The normalized spacial score (nSPS) is 10.0. The summed E-state index contributed by atoms with van der Waals surface area (Å²) in [5.41, 5.74) is 0. The molecule has 0 aromatic heterocycles. The lowest BCUT2D eigenvalue weighted by atomic mass is 10.2. The van der Waals surface area contributed by atoms with E-state index in [0.29, 0.717) is 0 Å². The standard InChI is InChI=1S/C16H18O8/c17-13(18)6-2-8-15(21)23-11-4-1-5-12(10-11)24-16(22)9-3-7-14(19)20/h1,4-5,10H,2-3,6-9H2,(H,17,18)(H,19,20). The Balaban J connectivity index is 2.45. The Morgan fingerprint density at radius 3 is 1.54 bits per heavy atom. The van der Waals surface area contributed by atoms with Crippen molar-refractivity contribution in [3.05, 3.63) is 24.3 Å². The number of esters is 2. The summed E-state index contributed by atoms with van der Waals surface area (Å²) in [7, 11) is 0. The molecule has 24 heavy (non-hydrogen) atoms. The van der Waals surface area contributed by atoms with Crippen LogP contribution in [0, 0.1) is 0 Å². The predicted octanol–water partition coefficient (Wildman–Crippen LogP) is 2.01. The molecule has 0 bridgehead atoms. The van der Waals surface area contributed by atoms with E-state index >= 15 is 0 Å². The molecule has 1 aromatic carbocycles. The fourth-order valence-corrected chi connectivity index (χ4v) is 1.73. The van der Waals surface area contributed by atoms with Crippen molar-refractivity contribution >= 4 is 23.9 Å². The minimum absolute atomic E-state index is 0.0362. The maximum Gasteiger partial charge on any atom is 0.311 e. The fourth-order valence-electron chi connectivity index (χ4n) is 1.73. The molecule has 1 aromatic rings. The van der Waals surface area contributed by atoms with Crippen molar-refractivity contribution in [2.75, 3.05) is 0 Å². The average molecular weight is 338 g/mol. The number of hydrogen-bond acceptors (Lipinski definition) is 6. The zero-order valence-corrected chi connectivity index (χ0v) is 12.9. The van der Waals surface area contributed by atoms with E-state index in [2.05, 4.69) is 0 Å². The van der Waals surface area contributed by atoms with Gasteiger partial charge in [0, 0.05) is 31.7 Å². The first-order valence-corrected chi connectivity index (χ1v) is 7.32. The molecule has 0 aliphatic heterocycles. The maximum atomic E-state index is 11.6. The number of aliphatic carboxylic acids is 2.